The average Bonchev–Trinajstić information content (AvgIpc) is 3.26. The first-order valence-corrected chi connectivity index (χ1v) is 13.9. The van der Waals surface area contributed by atoms with Gasteiger partial charge < -0.3 is 13.7 Å². The smallest absolute Gasteiger partial charge is 0.412 e. The molecule has 2 aromatic carbocycles. The molecule has 0 fully saturated rings. The molecule has 0 saturated heterocycles. The number of carbonyl (C=O) groups is 1. The summed E-state index contributed by atoms with van der Waals surface area (Å²) < 4.78 is 27.6. The van der Waals surface area contributed by atoms with E-state index in [0.29, 0.717) is 12.3 Å². The van der Waals surface area contributed by atoms with E-state index in [4.69, 9.17) is 9.16 Å². The number of hydrogen-bond acceptors (Lipinski definition) is 4. The summed E-state index contributed by atoms with van der Waals surface area (Å²) in [6.07, 6.45) is 5.09. The number of nitrogens with one attached hydrogen (secondary N) is 1. The van der Waals surface area contributed by atoms with Crippen LogP contribution >= 0.6 is 0 Å². The molecule has 3 rings (SSSR count). The molecule has 0 unspecified atom stereocenters. The lowest BCUT2D eigenvalue weighted by Gasteiger charge is -2.21. The van der Waals surface area contributed by atoms with Crippen LogP contribution in [0.5, 0.6) is 0 Å². The van der Waals surface area contributed by atoms with Gasteiger partial charge in [-0.3, -0.25) is 5.32 Å². The summed E-state index contributed by atoms with van der Waals surface area (Å²) in [4.78, 5) is 16.4. The molecule has 1 aromatic heterocycles. The van der Waals surface area contributed by atoms with Gasteiger partial charge in [0.15, 0.2) is 8.32 Å². The summed E-state index contributed by atoms with van der Waals surface area (Å²) in [6, 6.07) is 15.0. The van der Waals surface area contributed by atoms with Crippen LogP contribution in [0.1, 0.15) is 31.0 Å². The Kier molecular flexibility index (Phi) is 8.18. The Morgan fingerprint density at radius 3 is 2.66 bits per heavy atom. The largest absolute Gasteiger partial charge is 0.444 e. The topological polar surface area (TPSA) is 65.4 Å². The third-order valence-corrected chi connectivity index (χ3v) is 7.56. The number of aromatic nitrogens is 2. The molecule has 0 aliphatic carbocycles. The van der Waals surface area contributed by atoms with Crippen LogP contribution in [0.2, 0.25) is 19.1 Å². The van der Waals surface area contributed by atoms with Gasteiger partial charge in [-0.2, -0.15) is 0 Å². The van der Waals surface area contributed by atoms with Gasteiger partial charge >= 0.3 is 6.09 Å². The minimum absolute atomic E-state index is 0.0548. The molecule has 0 bridgehead atoms. The molecule has 0 spiro atoms. The van der Waals surface area contributed by atoms with Crippen molar-refractivity contribution < 1.29 is 18.3 Å². The maximum absolute atomic E-state index is 14.6. The van der Waals surface area contributed by atoms with Gasteiger partial charge in [-0.05, 0) is 36.8 Å². The molecule has 0 aliphatic heterocycles. The minimum Gasteiger partial charge on any atom is -0.444 e. The molecular formula is C24H30FN3O3Si. The van der Waals surface area contributed by atoms with Crippen molar-refractivity contribution in [2.24, 2.45) is 0 Å². The second kappa shape index (κ2) is 11.1. The number of benzene rings is 2. The van der Waals surface area contributed by atoms with Crippen molar-refractivity contribution in [1.29, 1.82) is 0 Å². The summed E-state index contributed by atoms with van der Waals surface area (Å²) >= 11 is 0. The van der Waals surface area contributed by atoms with E-state index in [1.165, 1.54) is 18.6 Å². The highest BCUT2D eigenvalue weighted by Crippen LogP contribution is 2.21. The zero-order valence-corrected chi connectivity index (χ0v) is 19.8. The number of amides is 1. The number of ether oxygens (including phenoxy) is 1. The van der Waals surface area contributed by atoms with Gasteiger partial charge in [0.2, 0.25) is 0 Å². The van der Waals surface area contributed by atoms with Gasteiger partial charge in [-0.1, -0.05) is 50.1 Å². The first kappa shape index (κ1) is 23.7. The van der Waals surface area contributed by atoms with Crippen molar-refractivity contribution in [3.8, 4) is 5.69 Å². The fourth-order valence-corrected chi connectivity index (χ4v) is 5.05. The maximum atomic E-state index is 14.6. The molecule has 6 nitrogen and oxygen atoms in total. The van der Waals surface area contributed by atoms with E-state index in [1.54, 1.807) is 17.0 Å². The Balaban J connectivity index is 1.56. The summed E-state index contributed by atoms with van der Waals surface area (Å²) in [6.45, 7) is 7.17. The highest BCUT2D eigenvalue weighted by molar-refractivity contribution is 6.71. The van der Waals surface area contributed by atoms with Crippen molar-refractivity contribution in [2.45, 2.75) is 52.1 Å². The normalized spacial score (nSPS) is 11.4. The number of carbonyl (C=O) groups excluding carboxylic acids is 1. The van der Waals surface area contributed by atoms with Gasteiger partial charge in [0.25, 0.3) is 0 Å². The standard InChI is InChI=1S/C24H30FN3O3Si/c1-4-5-13-32(2,3)31-17-20-15-28(18-26-20)21-11-12-23(22(25)14-21)27-24(29)30-16-19-9-7-6-8-10-19/h6-12,14-15,18H,4-5,13,16-17H2,1-3H3,(H,27,29). The van der Waals surface area contributed by atoms with Crippen LogP contribution in [0.4, 0.5) is 14.9 Å². The lowest BCUT2D eigenvalue weighted by Crippen LogP contribution is -2.29. The molecule has 1 heterocycles. The molecule has 170 valence electrons. The summed E-state index contributed by atoms with van der Waals surface area (Å²) in [7, 11) is -1.70. The summed E-state index contributed by atoms with van der Waals surface area (Å²) in [5.41, 5.74) is 2.31. The quantitative estimate of drug-likeness (QED) is 0.365. The zero-order chi connectivity index (χ0) is 23.0. The van der Waals surface area contributed by atoms with Gasteiger partial charge in [-0.15, -0.1) is 0 Å². The Morgan fingerprint density at radius 2 is 1.94 bits per heavy atom. The molecule has 8 heteroatoms. The van der Waals surface area contributed by atoms with E-state index in [2.05, 4.69) is 30.3 Å². The molecular weight excluding hydrogens is 425 g/mol. The van der Waals surface area contributed by atoms with Gasteiger partial charge in [0, 0.05) is 18.0 Å². The Labute approximate surface area is 189 Å². The van der Waals surface area contributed by atoms with Crippen molar-refractivity contribution in [3.63, 3.8) is 0 Å². The van der Waals surface area contributed by atoms with Crippen LogP contribution in [0.15, 0.2) is 61.1 Å². The molecule has 1 N–H and O–H groups in total. The number of halogens is 1. The van der Waals surface area contributed by atoms with Gasteiger partial charge in [-0.25, -0.2) is 14.2 Å². The van der Waals surface area contributed by atoms with E-state index < -0.39 is 20.2 Å². The predicted octanol–water partition coefficient (Wildman–Crippen LogP) is 6.28. The zero-order valence-electron chi connectivity index (χ0n) is 18.8. The molecule has 0 saturated carbocycles. The highest BCUT2D eigenvalue weighted by atomic mass is 28.4. The highest BCUT2D eigenvalue weighted by Gasteiger charge is 2.22. The lowest BCUT2D eigenvalue weighted by molar-refractivity contribution is 0.155. The second-order valence-corrected chi connectivity index (χ2v) is 12.6. The fourth-order valence-electron chi connectivity index (χ4n) is 3.16. The molecule has 1 amide bonds. The first-order valence-electron chi connectivity index (χ1n) is 10.8. The van der Waals surface area contributed by atoms with E-state index in [0.717, 1.165) is 23.7 Å². The van der Waals surface area contributed by atoms with Gasteiger partial charge in [0.1, 0.15) is 12.4 Å². The summed E-state index contributed by atoms with van der Waals surface area (Å²) in [5.74, 6) is -0.557. The van der Waals surface area contributed by atoms with Gasteiger partial charge in [0.05, 0.1) is 24.3 Å². The third kappa shape index (κ3) is 7.03. The number of unbranched alkanes of at least 4 members (excludes halogenated alkanes) is 1. The van der Waals surface area contributed by atoms with Crippen LogP contribution in [-0.2, 0) is 22.4 Å². The first-order chi connectivity index (χ1) is 15.4. The molecule has 0 atom stereocenters. The molecule has 3 aromatic rings. The average molecular weight is 456 g/mol. The number of hydrogen-bond donors (Lipinski definition) is 1. The predicted molar refractivity (Wildman–Crippen MR) is 126 cm³/mol. The van der Waals surface area contributed by atoms with E-state index in [-0.39, 0.29) is 12.3 Å². The Morgan fingerprint density at radius 1 is 1.16 bits per heavy atom. The van der Waals surface area contributed by atoms with Crippen LogP contribution in [0.25, 0.3) is 5.69 Å². The Hall–Kier alpha value is -2.97. The Bertz CT molecular complexity index is 1020. The van der Waals surface area contributed by atoms with E-state index >= 15 is 0 Å². The molecule has 0 aliphatic rings. The number of imidazole rings is 1. The van der Waals surface area contributed by atoms with Crippen molar-refractivity contribution in [3.05, 3.63) is 78.1 Å². The molecule has 32 heavy (non-hydrogen) atoms. The SMILES string of the molecule is CCCC[Si](C)(C)OCc1cn(-c2ccc(NC(=O)OCc3ccccc3)c(F)c2)cn1. The monoisotopic (exact) mass is 455 g/mol. The van der Waals surface area contributed by atoms with Crippen molar-refractivity contribution in [2.75, 3.05) is 5.32 Å². The molecule has 0 radical (unpaired) electrons. The minimum atomic E-state index is -1.70. The number of nitrogens with zero attached hydrogens (tertiary/aromatic N) is 2. The van der Waals surface area contributed by atoms with Crippen LogP contribution < -0.4 is 5.32 Å². The second-order valence-electron chi connectivity index (χ2n) is 8.28. The van der Waals surface area contributed by atoms with Crippen LogP contribution in [0.3, 0.4) is 0 Å². The third-order valence-electron chi connectivity index (χ3n) is 5.08. The summed E-state index contributed by atoms with van der Waals surface area (Å²) in [5, 5.41) is 2.44. The number of rotatable bonds is 10. The van der Waals surface area contributed by atoms with E-state index in [1.807, 2.05) is 36.5 Å². The van der Waals surface area contributed by atoms with Crippen molar-refractivity contribution in [1.82, 2.24) is 9.55 Å². The van der Waals surface area contributed by atoms with Crippen molar-refractivity contribution >= 4 is 20.1 Å². The van der Waals surface area contributed by atoms with Crippen LogP contribution in [-0.4, -0.2) is 24.0 Å². The maximum Gasteiger partial charge on any atom is 0.412 e. The van der Waals surface area contributed by atoms with E-state index in [9.17, 15) is 9.18 Å². The van der Waals surface area contributed by atoms with Crippen LogP contribution in [0, 0.1) is 5.82 Å². The number of anilines is 1. The fraction of sp³-hybridized carbons (Fsp3) is 0.333. The lowest BCUT2D eigenvalue weighted by atomic mass is 10.2.